The summed E-state index contributed by atoms with van der Waals surface area (Å²) in [6.45, 7) is 3.42. The second-order valence-corrected chi connectivity index (χ2v) is 6.47. The highest BCUT2D eigenvalue weighted by Crippen LogP contribution is 2.24. The van der Waals surface area contributed by atoms with Crippen molar-refractivity contribution in [2.24, 2.45) is 0 Å². The average molecular weight is 362 g/mol. The van der Waals surface area contributed by atoms with Crippen LogP contribution in [0.5, 0.6) is 0 Å². The Morgan fingerprint density at radius 1 is 1.11 bits per heavy atom. The molecule has 2 aromatic carbocycles. The Morgan fingerprint density at radius 2 is 1.81 bits per heavy atom. The van der Waals surface area contributed by atoms with E-state index >= 15 is 0 Å². The van der Waals surface area contributed by atoms with E-state index < -0.39 is 12.1 Å². The monoisotopic (exact) mass is 362 g/mol. The van der Waals surface area contributed by atoms with Crippen LogP contribution in [0.2, 0.25) is 0 Å². The maximum absolute atomic E-state index is 12.9. The van der Waals surface area contributed by atoms with Gasteiger partial charge in [-0.05, 0) is 32.0 Å². The molecule has 4 aromatic rings. The third-order valence-electron chi connectivity index (χ3n) is 4.58. The molecule has 0 aliphatic carbocycles. The molecule has 0 unspecified atom stereocenters. The molecule has 0 bridgehead atoms. The summed E-state index contributed by atoms with van der Waals surface area (Å²) < 4.78 is 10.6. The van der Waals surface area contributed by atoms with Crippen molar-refractivity contribution in [3.8, 4) is 0 Å². The molecule has 2 heterocycles. The zero-order valence-corrected chi connectivity index (χ0v) is 15.0. The number of nitrogens with one attached hydrogen (secondary N) is 1. The number of nitrogens with zero attached hydrogens (tertiary/aromatic N) is 1. The van der Waals surface area contributed by atoms with E-state index in [2.05, 4.69) is 10.1 Å². The largest absolute Gasteiger partial charge is 0.454 e. The lowest BCUT2D eigenvalue weighted by Crippen LogP contribution is -2.25. The fraction of sp³-hybridized carbons (Fsp3) is 0.190. The van der Waals surface area contributed by atoms with Gasteiger partial charge in [-0.3, -0.25) is 9.59 Å². The molecule has 0 aliphatic rings. The fourth-order valence-electron chi connectivity index (χ4n) is 3.29. The third kappa shape index (κ3) is 3.10. The van der Waals surface area contributed by atoms with Crippen LogP contribution in [0.3, 0.4) is 0 Å². The number of carbonyl (C=O) groups is 2. The minimum Gasteiger partial charge on any atom is -0.454 e. The molecule has 0 amide bonds. The lowest BCUT2D eigenvalue weighted by atomic mass is 10.0. The maximum Gasteiger partial charge on any atom is 0.312 e. The summed E-state index contributed by atoms with van der Waals surface area (Å²) in [5.41, 5.74) is 3.30. The molecule has 0 aliphatic heterocycles. The standard InChI is InChI=1S/C21H18N2O4/c1-12-20(15-8-3-5-9-16(15)22-12)21(25)13(2)26-19(24)11-17-14-7-4-6-10-18(14)27-23-17/h3-10,13,22H,11H2,1-2H3/t13-/m0/s1. The van der Waals surface area contributed by atoms with Crippen LogP contribution in [0, 0.1) is 6.92 Å². The van der Waals surface area contributed by atoms with Gasteiger partial charge in [-0.2, -0.15) is 0 Å². The number of esters is 1. The van der Waals surface area contributed by atoms with Gasteiger partial charge in [0.05, 0.1) is 6.42 Å². The number of Topliss-reactive ketones (excluding diaryl/α,β-unsaturated/α-hetero) is 1. The molecular weight excluding hydrogens is 344 g/mol. The minimum absolute atomic E-state index is 0.0541. The number of rotatable bonds is 5. The average Bonchev–Trinajstić information content (AvgIpc) is 3.21. The summed E-state index contributed by atoms with van der Waals surface area (Å²) in [6.07, 6.45) is -0.949. The van der Waals surface area contributed by atoms with Crippen LogP contribution in [0.15, 0.2) is 53.1 Å². The molecule has 4 rings (SSSR count). The summed E-state index contributed by atoms with van der Waals surface area (Å²) in [5.74, 6) is -0.754. The molecule has 1 atom stereocenters. The predicted octanol–water partition coefficient (Wildman–Crippen LogP) is 3.97. The highest BCUT2D eigenvalue weighted by molar-refractivity contribution is 6.11. The van der Waals surface area contributed by atoms with Gasteiger partial charge in [0.25, 0.3) is 0 Å². The Hall–Kier alpha value is -3.41. The van der Waals surface area contributed by atoms with Gasteiger partial charge in [-0.1, -0.05) is 35.5 Å². The van der Waals surface area contributed by atoms with Crippen molar-refractivity contribution in [2.75, 3.05) is 0 Å². The normalized spacial score (nSPS) is 12.4. The van der Waals surface area contributed by atoms with Gasteiger partial charge >= 0.3 is 5.97 Å². The van der Waals surface area contributed by atoms with E-state index in [1.165, 1.54) is 0 Å². The van der Waals surface area contributed by atoms with Crippen molar-refractivity contribution in [1.82, 2.24) is 10.1 Å². The maximum atomic E-state index is 12.9. The van der Waals surface area contributed by atoms with E-state index in [0.29, 0.717) is 16.8 Å². The number of carbonyl (C=O) groups excluding carboxylic acids is 2. The molecule has 0 saturated carbocycles. The molecule has 0 saturated heterocycles. The molecule has 6 nitrogen and oxygen atoms in total. The molecule has 2 aromatic heterocycles. The van der Waals surface area contributed by atoms with Crippen LogP contribution in [0.25, 0.3) is 21.9 Å². The van der Waals surface area contributed by atoms with Gasteiger partial charge in [0.1, 0.15) is 5.69 Å². The number of ether oxygens (including phenoxy) is 1. The first-order valence-corrected chi connectivity index (χ1v) is 8.69. The molecule has 0 radical (unpaired) electrons. The molecular formula is C21H18N2O4. The molecule has 1 N–H and O–H groups in total. The number of hydrogen-bond acceptors (Lipinski definition) is 5. The van der Waals surface area contributed by atoms with Crippen molar-refractivity contribution in [2.45, 2.75) is 26.4 Å². The van der Waals surface area contributed by atoms with E-state index in [-0.39, 0.29) is 12.2 Å². The number of fused-ring (bicyclic) bond motifs is 2. The van der Waals surface area contributed by atoms with Crippen molar-refractivity contribution < 1.29 is 18.8 Å². The van der Waals surface area contributed by atoms with Crippen LogP contribution < -0.4 is 0 Å². The quantitative estimate of drug-likeness (QED) is 0.429. The zero-order valence-electron chi connectivity index (χ0n) is 15.0. The van der Waals surface area contributed by atoms with Crippen LogP contribution in [-0.4, -0.2) is 28.0 Å². The Labute approximate surface area is 155 Å². The van der Waals surface area contributed by atoms with Crippen molar-refractivity contribution in [3.05, 3.63) is 65.5 Å². The second-order valence-electron chi connectivity index (χ2n) is 6.47. The number of H-pyrrole nitrogens is 1. The minimum atomic E-state index is -0.895. The second kappa shape index (κ2) is 6.72. The van der Waals surface area contributed by atoms with E-state index in [0.717, 1.165) is 22.0 Å². The summed E-state index contributed by atoms with van der Waals surface area (Å²) >= 11 is 0. The SMILES string of the molecule is Cc1[nH]c2ccccc2c1C(=O)[C@H](C)OC(=O)Cc1noc2ccccc12. The predicted molar refractivity (Wildman–Crippen MR) is 101 cm³/mol. The van der Waals surface area contributed by atoms with Gasteiger partial charge in [0.2, 0.25) is 5.78 Å². The fourth-order valence-corrected chi connectivity index (χ4v) is 3.29. The summed E-state index contributed by atoms with van der Waals surface area (Å²) in [4.78, 5) is 28.4. The number of aromatic nitrogens is 2. The summed E-state index contributed by atoms with van der Waals surface area (Å²) in [7, 11) is 0. The number of ketones is 1. The Kier molecular flexibility index (Phi) is 4.24. The summed E-state index contributed by atoms with van der Waals surface area (Å²) in [6, 6.07) is 14.9. The number of hydrogen-bond donors (Lipinski definition) is 1. The number of benzene rings is 2. The first-order chi connectivity index (χ1) is 13.0. The number of aryl methyl sites for hydroxylation is 1. The van der Waals surface area contributed by atoms with E-state index in [9.17, 15) is 9.59 Å². The molecule has 0 spiro atoms. The smallest absolute Gasteiger partial charge is 0.312 e. The molecule has 0 fully saturated rings. The van der Waals surface area contributed by atoms with E-state index in [1.54, 1.807) is 13.0 Å². The zero-order chi connectivity index (χ0) is 19.0. The van der Waals surface area contributed by atoms with E-state index in [1.807, 2.05) is 49.4 Å². The third-order valence-corrected chi connectivity index (χ3v) is 4.58. The molecule has 6 heteroatoms. The van der Waals surface area contributed by atoms with Gasteiger partial charge in [0.15, 0.2) is 11.7 Å². The highest BCUT2D eigenvalue weighted by Gasteiger charge is 2.25. The van der Waals surface area contributed by atoms with Crippen molar-refractivity contribution in [3.63, 3.8) is 0 Å². The first kappa shape index (κ1) is 17.0. The Balaban J connectivity index is 1.51. The van der Waals surface area contributed by atoms with Crippen molar-refractivity contribution in [1.29, 1.82) is 0 Å². The lowest BCUT2D eigenvalue weighted by Gasteiger charge is -2.12. The van der Waals surface area contributed by atoms with Crippen LogP contribution in [0.1, 0.15) is 28.7 Å². The van der Waals surface area contributed by atoms with Gasteiger partial charge in [0, 0.05) is 27.5 Å². The lowest BCUT2D eigenvalue weighted by molar-refractivity contribution is -0.145. The molecule has 27 heavy (non-hydrogen) atoms. The number of para-hydroxylation sites is 2. The Morgan fingerprint density at radius 3 is 2.63 bits per heavy atom. The first-order valence-electron chi connectivity index (χ1n) is 8.69. The van der Waals surface area contributed by atoms with Crippen LogP contribution >= 0.6 is 0 Å². The van der Waals surface area contributed by atoms with E-state index in [4.69, 9.17) is 9.26 Å². The van der Waals surface area contributed by atoms with Gasteiger partial charge < -0.3 is 14.2 Å². The van der Waals surface area contributed by atoms with Gasteiger partial charge in [-0.25, -0.2) is 0 Å². The van der Waals surface area contributed by atoms with Gasteiger partial charge in [-0.15, -0.1) is 0 Å². The van der Waals surface area contributed by atoms with Crippen LogP contribution in [-0.2, 0) is 16.0 Å². The van der Waals surface area contributed by atoms with Crippen LogP contribution in [0.4, 0.5) is 0 Å². The van der Waals surface area contributed by atoms with Crippen molar-refractivity contribution >= 4 is 33.6 Å². The Bertz CT molecular complexity index is 1160. The topological polar surface area (TPSA) is 85.2 Å². The molecule has 136 valence electrons. The summed E-state index contributed by atoms with van der Waals surface area (Å²) in [5, 5.41) is 5.52. The highest BCUT2D eigenvalue weighted by atomic mass is 16.5. The number of aromatic amines is 1.